The van der Waals surface area contributed by atoms with Gasteiger partial charge in [-0.2, -0.15) is 4.79 Å². The van der Waals surface area contributed by atoms with Crippen molar-refractivity contribution in [2.75, 3.05) is 0 Å². The maximum atomic E-state index is 8.24. The summed E-state index contributed by atoms with van der Waals surface area (Å²) in [6.07, 6.45) is 1.28. The van der Waals surface area contributed by atoms with Crippen LogP contribution in [-0.2, 0) is 0 Å². The van der Waals surface area contributed by atoms with E-state index in [-0.39, 0.29) is 0 Å². The highest BCUT2D eigenvalue weighted by molar-refractivity contribution is 6.30. The van der Waals surface area contributed by atoms with E-state index in [2.05, 4.69) is 11.4 Å². The number of benzene rings is 1. The van der Waals surface area contributed by atoms with Gasteiger partial charge in [0.2, 0.25) is 0 Å². The summed E-state index contributed by atoms with van der Waals surface area (Å²) in [7, 11) is 0. The Morgan fingerprint density at radius 3 is 2.50 bits per heavy atom. The molecular formula is C9H7ClN2. The monoisotopic (exact) mass is 178 g/mol. The highest BCUT2D eigenvalue weighted by atomic mass is 35.5. The molecule has 0 saturated carbocycles. The van der Waals surface area contributed by atoms with Gasteiger partial charge in [-0.1, -0.05) is 30.3 Å². The molecule has 60 valence electrons. The Hall–Kier alpha value is -1.37. The number of halogens is 1. The summed E-state index contributed by atoms with van der Waals surface area (Å²) in [5.41, 5.74) is 9.77. The number of nitrogens with zero attached hydrogens (tertiary/aromatic N) is 2. The smallest absolute Gasteiger partial charge is 0.287 e. The van der Waals surface area contributed by atoms with Gasteiger partial charge >= 0.3 is 0 Å². The average molecular weight is 179 g/mol. The molecule has 0 N–H and O–H groups in total. The van der Waals surface area contributed by atoms with Crippen molar-refractivity contribution in [2.45, 2.75) is 0 Å². The molecule has 0 saturated heterocycles. The van der Waals surface area contributed by atoms with Crippen LogP contribution in [0.3, 0.4) is 0 Å². The Morgan fingerprint density at radius 1 is 1.42 bits per heavy atom. The first kappa shape index (κ1) is 8.72. The van der Waals surface area contributed by atoms with E-state index in [4.69, 9.17) is 17.1 Å². The van der Waals surface area contributed by atoms with E-state index in [1.807, 2.05) is 12.1 Å². The molecule has 0 radical (unpaired) electrons. The second-order valence-electron chi connectivity index (χ2n) is 2.28. The Kier molecular flexibility index (Phi) is 2.81. The van der Waals surface area contributed by atoms with E-state index < -0.39 is 0 Å². The standard InChI is InChI=1S/C9H7ClN2/c1-7(6-12-11)8-2-4-9(10)5-3-8/h2-6H,1H2. The van der Waals surface area contributed by atoms with Crippen LogP contribution in [0.4, 0.5) is 0 Å². The molecule has 0 heterocycles. The molecule has 0 aliphatic carbocycles. The molecule has 0 aromatic heterocycles. The summed E-state index contributed by atoms with van der Waals surface area (Å²) in [4.78, 5) is 2.88. The Bertz CT molecular complexity index is 334. The van der Waals surface area contributed by atoms with Gasteiger partial charge < -0.3 is 5.53 Å². The van der Waals surface area contributed by atoms with E-state index in [1.165, 1.54) is 6.21 Å². The molecule has 0 aliphatic heterocycles. The molecule has 0 bridgehead atoms. The Labute approximate surface area is 75.7 Å². The molecule has 0 spiro atoms. The minimum Gasteiger partial charge on any atom is -0.361 e. The van der Waals surface area contributed by atoms with Crippen LogP contribution in [0.1, 0.15) is 5.56 Å². The van der Waals surface area contributed by atoms with Crippen LogP contribution in [0, 0.1) is 0 Å². The summed E-state index contributed by atoms with van der Waals surface area (Å²) in [6.45, 7) is 3.69. The second kappa shape index (κ2) is 3.86. The SMILES string of the molecule is C=C(C=[N+]=[N-])c1ccc(Cl)cc1. The van der Waals surface area contributed by atoms with E-state index in [0.29, 0.717) is 10.6 Å². The molecule has 0 atom stereocenters. The second-order valence-corrected chi connectivity index (χ2v) is 2.71. The van der Waals surface area contributed by atoms with Crippen LogP contribution in [0.2, 0.25) is 5.02 Å². The van der Waals surface area contributed by atoms with Crippen LogP contribution in [0.5, 0.6) is 0 Å². The van der Waals surface area contributed by atoms with Crippen molar-refractivity contribution in [3.05, 3.63) is 47.0 Å². The minimum absolute atomic E-state index is 0.647. The topological polar surface area (TPSA) is 36.4 Å². The van der Waals surface area contributed by atoms with Gasteiger partial charge in [-0.25, -0.2) is 0 Å². The largest absolute Gasteiger partial charge is 0.361 e. The number of rotatable bonds is 2. The van der Waals surface area contributed by atoms with Crippen molar-refractivity contribution < 1.29 is 4.79 Å². The Morgan fingerprint density at radius 2 is 2.00 bits per heavy atom. The maximum absolute atomic E-state index is 8.24. The van der Waals surface area contributed by atoms with Crippen molar-refractivity contribution in [2.24, 2.45) is 0 Å². The van der Waals surface area contributed by atoms with Crippen molar-refractivity contribution in [3.63, 3.8) is 0 Å². The van der Waals surface area contributed by atoms with Gasteiger partial charge in [0, 0.05) is 5.02 Å². The van der Waals surface area contributed by atoms with E-state index in [0.717, 1.165) is 5.56 Å². The lowest BCUT2D eigenvalue weighted by atomic mass is 10.1. The third kappa shape index (κ3) is 2.06. The summed E-state index contributed by atoms with van der Waals surface area (Å²) in [6, 6.07) is 7.14. The van der Waals surface area contributed by atoms with E-state index >= 15 is 0 Å². The highest BCUT2D eigenvalue weighted by Gasteiger charge is 1.98. The molecule has 1 rings (SSSR count). The zero-order valence-corrected chi connectivity index (χ0v) is 7.12. The van der Waals surface area contributed by atoms with Crippen LogP contribution < -0.4 is 0 Å². The molecule has 0 unspecified atom stereocenters. The first-order valence-electron chi connectivity index (χ1n) is 3.36. The van der Waals surface area contributed by atoms with Crippen molar-refractivity contribution in [1.29, 1.82) is 0 Å². The van der Waals surface area contributed by atoms with Gasteiger partial charge in [0.05, 0.1) is 5.57 Å². The number of hydrogen-bond acceptors (Lipinski definition) is 0. The zero-order valence-electron chi connectivity index (χ0n) is 6.37. The molecule has 0 fully saturated rings. The fourth-order valence-electron chi connectivity index (χ4n) is 0.808. The molecular weight excluding hydrogens is 172 g/mol. The van der Waals surface area contributed by atoms with Crippen molar-refractivity contribution in [3.8, 4) is 0 Å². The lowest BCUT2D eigenvalue weighted by molar-refractivity contribution is 0.00591. The summed E-state index contributed by atoms with van der Waals surface area (Å²) in [5, 5.41) is 0.674. The van der Waals surface area contributed by atoms with Crippen molar-refractivity contribution >= 4 is 23.4 Å². The fourth-order valence-corrected chi connectivity index (χ4v) is 0.934. The first-order chi connectivity index (χ1) is 5.74. The number of allylic oxidation sites excluding steroid dienone is 1. The van der Waals surface area contributed by atoms with Gasteiger partial charge in [0.25, 0.3) is 6.21 Å². The third-order valence-electron chi connectivity index (χ3n) is 1.43. The van der Waals surface area contributed by atoms with Crippen LogP contribution in [0.15, 0.2) is 30.8 Å². The molecule has 0 aliphatic rings. The fraction of sp³-hybridized carbons (Fsp3) is 0. The summed E-state index contributed by atoms with van der Waals surface area (Å²) < 4.78 is 0. The highest BCUT2D eigenvalue weighted by Crippen LogP contribution is 2.14. The predicted octanol–water partition coefficient (Wildman–Crippen LogP) is 2.65. The maximum Gasteiger partial charge on any atom is 0.287 e. The molecule has 3 heteroatoms. The minimum atomic E-state index is 0.647. The summed E-state index contributed by atoms with van der Waals surface area (Å²) in [5.74, 6) is 0. The summed E-state index contributed by atoms with van der Waals surface area (Å²) >= 11 is 5.68. The number of hydrogen-bond donors (Lipinski definition) is 0. The predicted molar refractivity (Wildman–Crippen MR) is 50.2 cm³/mol. The molecule has 1 aromatic rings. The quantitative estimate of drug-likeness (QED) is 0.379. The first-order valence-corrected chi connectivity index (χ1v) is 3.74. The van der Waals surface area contributed by atoms with Crippen LogP contribution >= 0.6 is 11.6 Å². The Balaban J connectivity index is 2.97. The van der Waals surface area contributed by atoms with Gasteiger partial charge in [0.1, 0.15) is 0 Å². The van der Waals surface area contributed by atoms with Crippen molar-refractivity contribution in [1.82, 2.24) is 0 Å². The lowest BCUT2D eigenvalue weighted by Gasteiger charge is -1.94. The molecule has 12 heavy (non-hydrogen) atoms. The van der Waals surface area contributed by atoms with Gasteiger partial charge in [-0.05, 0) is 17.7 Å². The van der Waals surface area contributed by atoms with Crippen LogP contribution in [0.25, 0.3) is 11.1 Å². The van der Waals surface area contributed by atoms with Gasteiger partial charge in [0.15, 0.2) is 0 Å². The molecule has 1 aromatic carbocycles. The lowest BCUT2D eigenvalue weighted by Crippen LogP contribution is -1.83. The molecule has 2 nitrogen and oxygen atoms in total. The van der Waals surface area contributed by atoms with E-state index in [1.54, 1.807) is 12.1 Å². The van der Waals surface area contributed by atoms with Crippen LogP contribution in [-0.4, -0.2) is 11.0 Å². The average Bonchev–Trinajstić information content (AvgIpc) is 2.06. The van der Waals surface area contributed by atoms with Gasteiger partial charge in [-0.15, -0.1) is 0 Å². The molecule has 0 amide bonds. The van der Waals surface area contributed by atoms with E-state index in [9.17, 15) is 0 Å². The van der Waals surface area contributed by atoms with Gasteiger partial charge in [-0.3, -0.25) is 0 Å². The third-order valence-corrected chi connectivity index (χ3v) is 1.68. The zero-order chi connectivity index (χ0) is 8.97. The normalized spacial score (nSPS) is 8.75.